The molecule has 2 aromatic rings. The van der Waals surface area contributed by atoms with E-state index in [-0.39, 0.29) is 12.0 Å². The molecule has 0 saturated carbocycles. The Labute approximate surface area is 124 Å². The van der Waals surface area contributed by atoms with Crippen LogP contribution in [0.25, 0.3) is 0 Å². The summed E-state index contributed by atoms with van der Waals surface area (Å²) >= 11 is 0. The standard InChI is InChI=1S/C16H13F5O/c1-22-12-6-4-10(5-7-12)2-3-11-8-13(17)15(14(18)9-11)16(19,20)21/h4-9H,2-3H2,1H3. The molecule has 22 heavy (non-hydrogen) atoms. The van der Waals surface area contributed by atoms with Gasteiger partial charge in [0.05, 0.1) is 7.11 Å². The molecule has 0 spiro atoms. The van der Waals surface area contributed by atoms with Crippen molar-refractivity contribution in [3.8, 4) is 5.75 Å². The second kappa shape index (κ2) is 6.34. The first-order valence-electron chi connectivity index (χ1n) is 6.49. The van der Waals surface area contributed by atoms with Gasteiger partial charge in [-0.25, -0.2) is 8.78 Å². The monoisotopic (exact) mass is 316 g/mol. The van der Waals surface area contributed by atoms with Crippen molar-refractivity contribution in [3.63, 3.8) is 0 Å². The van der Waals surface area contributed by atoms with E-state index in [0.29, 0.717) is 12.2 Å². The highest BCUT2D eigenvalue weighted by molar-refractivity contribution is 5.31. The lowest BCUT2D eigenvalue weighted by molar-refractivity contribution is -0.142. The fourth-order valence-corrected chi connectivity index (χ4v) is 2.12. The van der Waals surface area contributed by atoms with E-state index in [0.717, 1.165) is 17.7 Å². The number of hydrogen-bond acceptors (Lipinski definition) is 1. The van der Waals surface area contributed by atoms with Crippen LogP contribution in [0.1, 0.15) is 16.7 Å². The van der Waals surface area contributed by atoms with E-state index in [9.17, 15) is 22.0 Å². The summed E-state index contributed by atoms with van der Waals surface area (Å²) in [6.45, 7) is 0. The Morgan fingerprint density at radius 1 is 0.864 bits per heavy atom. The van der Waals surface area contributed by atoms with Crippen molar-refractivity contribution in [1.82, 2.24) is 0 Å². The lowest BCUT2D eigenvalue weighted by Crippen LogP contribution is -2.12. The van der Waals surface area contributed by atoms with Crippen molar-refractivity contribution in [1.29, 1.82) is 0 Å². The molecular weight excluding hydrogens is 303 g/mol. The van der Waals surface area contributed by atoms with Crippen LogP contribution in [0.3, 0.4) is 0 Å². The quantitative estimate of drug-likeness (QED) is 0.738. The molecule has 0 aromatic heterocycles. The Kier molecular flexibility index (Phi) is 4.68. The first-order chi connectivity index (χ1) is 10.3. The summed E-state index contributed by atoms with van der Waals surface area (Å²) in [5, 5.41) is 0. The highest BCUT2D eigenvalue weighted by Gasteiger charge is 2.37. The van der Waals surface area contributed by atoms with Crippen LogP contribution < -0.4 is 4.74 Å². The SMILES string of the molecule is COc1ccc(CCc2cc(F)c(C(F)(F)F)c(F)c2)cc1. The maximum absolute atomic E-state index is 13.5. The topological polar surface area (TPSA) is 9.23 Å². The van der Waals surface area contributed by atoms with Gasteiger partial charge in [-0.15, -0.1) is 0 Å². The molecule has 1 nitrogen and oxygen atoms in total. The number of halogens is 5. The first-order valence-corrected chi connectivity index (χ1v) is 6.49. The van der Waals surface area contributed by atoms with Gasteiger partial charge in [0, 0.05) is 0 Å². The Bertz CT molecular complexity index is 624. The summed E-state index contributed by atoms with van der Waals surface area (Å²) < 4.78 is 69.3. The zero-order valence-electron chi connectivity index (χ0n) is 11.7. The summed E-state index contributed by atoms with van der Waals surface area (Å²) in [6, 6.07) is 8.52. The number of rotatable bonds is 4. The molecule has 0 atom stereocenters. The van der Waals surface area contributed by atoms with E-state index in [1.165, 1.54) is 7.11 Å². The smallest absolute Gasteiger partial charge is 0.422 e. The second-order valence-electron chi connectivity index (χ2n) is 4.78. The average Bonchev–Trinajstić information content (AvgIpc) is 2.43. The van der Waals surface area contributed by atoms with Gasteiger partial charge in [-0.2, -0.15) is 13.2 Å². The molecule has 6 heteroatoms. The third kappa shape index (κ3) is 3.75. The molecular formula is C16H13F5O. The molecule has 2 rings (SSSR count). The maximum atomic E-state index is 13.5. The van der Waals surface area contributed by atoms with E-state index in [1.54, 1.807) is 24.3 Å². The van der Waals surface area contributed by atoms with Crippen LogP contribution in [0.2, 0.25) is 0 Å². The number of benzene rings is 2. The van der Waals surface area contributed by atoms with Crippen molar-refractivity contribution in [2.45, 2.75) is 19.0 Å². The number of hydrogen-bond donors (Lipinski definition) is 0. The summed E-state index contributed by atoms with van der Waals surface area (Å²) in [5.41, 5.74) is -0.777. The van der Waals surface area contributed by atoms with E-state index in [2.05, 4.69) is 0 Å². The van der Waals surface area contributed by atoms with Crippen LogP contribution in [0.15, 0.2) is 36.4 Å². The molecule has 0 saturated heterocycles. The normalized spacial score (nSPS) is 11.5. The number of alkyl halides is 3. The van der Waals surface area contributed by atoms with E-state index in [4.69, 9.17) is 4.74 Å². The minimum Gasteiger partial charge on any atom is -0.497 e. The highest BCUT2D eigenvalue weighted by atomic mass is 19.4. The van der Waals surface area contributed by atoms with Gasteiger partial charge in [-0.3, -0.25) is 0 Å². The Balaban J connectivity index is 2.13. The maximum Gasteiger partial charge on any atom is 0.422 e. The van der Waals surface area contributed by atoms with Gasteiger partial charge in [-0.1, -0.05) is 12.1 Å². The first kappa shape index (κ1) is 16.3. The van der Waals surface area contributed by atoms with Crippen LogP contribution in [0.4, 0.5) is 22.0 Å². The highest BCUT2D eigenvalue weighted by Crippen LogP contribution is 2.34. The van der Waals surface area contributed by atoms with Crippen molar-refractivity contribution in [2.75, 3.05) is 7.11 Å². The van der Waals surface area contributed by atoms with Gasteiger partial charge in [-0.05, 0) is 48.2 Å². The van der Waals surface area contributed by atoms with E-state index < -0.39 is 23.4 Å². The zero-order valence-corrected chi connectivity index (χ0v) is 11.7. The largest absolute Gasteiger partial charge is 0.497 e. The molecule has 0 radical (unpaired) electrons. The minimum atomic E-state index is -5.04. The third-order valence-corrected chi connectivity index (χ3v) is 3.25. The van der Waals surface area contributed by atoms with Crippen LogP contribution in [-0.2, 0) is 19.0 Å². The van der Waals surface area contributed by atoms with Crippen molar-refractivity contribution >= 4 is 0 Å². The second-order valence-corrected chi connectivity index (χ2v) is 4.78. The zero-order chi connectivity index (χ0) is 16.3. The van der Waals surface area contributed by atoms with E-state index >= 15 is 0 Å². The molecule has 2 aromatic carbocycles. The summed E-state index contributed by atoms with van der Waals surface area (Å²) in [7, 11) is 1.53. The molecule has 0 bridgehead atoms. The van der Waals surface area contributed by atoms with Crippen molar-refractivity contribution in [2.24, 2.45) is 0 Å². The Hall–Kier alpha value is -2.11. The van der Waals surface area contributed by atoms with Crippen LogP contribution >= 0.6 is 0 Å². The summed E-state index contributed by atoms with van der Waals surface area (Å²) in [5.74, 6) is -2.50. The minimum absolute atomic E-state index is 0.179. The van der Waals surface area contributed by atoms with Gasteiger partial charge < -0.3 is 4.74 Å². The molecule has 0 unspecified atom stereocenters. The van der Waals surface area contributed by atoms with Gasteiger partial charge >= 0.3 is 6.18 Å². The summed E-state index contributed by atoms with van der Waals surface area (Å²) in [6.07, 6.45) is -4.35. The summed E-state index contributed by atoms with van der Waals surface area (Å²) in [4.78, 5) is 0. The van der Waals surface area contributed by atoms with Crippen LogP contribution in [0, 0.1) is 11.6 Å². The number of methoxy groups -OCH3 is 1. The predicted octanol–water partition coefficient (Wildman–Crippen LogP) is 4.78. The molecule has 118 valence electrons. The third-order valence-electron chi connectivity index (χ3n) is 3.25. The fourth-order valence-electron chi connectivity index (χ4n) is 2.12. The van der Waals surface area contributed by atoms with Gasteiger partial charge in [0.25, 0.3) is 0 Å². The van der Waals surface area contributed by atoms with E-state index in [1.807, 2.05) is 0 Å². The number of aryl methyl sites for hydroxylation is 2. The molecule has 0 aliphatic rings. The molecule has 0 heterocycles. The average molecular weight is 316 g/mol. The molecule has 0 aliphatic heterocycles. The van der Waals surface area contributed by atoms with Gasteiger partial charge in [0.1, 0.15) is 22.9 Å². The van der Waals surface area contributed by atoms with Crippen molar-refractivity contribution < 1.29 is 26.7 Å². The Morgan fingerprint density at radius 2 is 1.36 bits per heavy atom. The predicted molar refractivity (Wildman–Crippen MR) is 71.8 cm³/mol. The van der Waals surface area contributed by atoms with Crippen molar-refractivity contribution in [3.05, 3.63) is 64.7 Å². The molecule has 0 N–H and O–H groups in total. The number of ether oxygens (including phenoxy) is 1. The molecule has 0 amide bonds. The molecule has 0 fully saturated rings. The lowest BCUT2D eigenvalue weighted by Gasteiger charge is -2.11. The van der Waals surface area contributed by atoms with Gasteiger partial charge in [0.15, 0.2) is 0 Å². The van der Waals surface area contributed by atoms with Crippen LogP contribution in [0.5, 0.6) is 5.75 Å². The van der Waals surface area contributed by atoms with Crippen LogP contribution in [-0.4, -0.2) is 7.11 Å². The fraction of sp³-hybridized carbons (Fsp3) is 0.250. The van der Waals surface area contributed by atoms with Gasteiger partial charge in [0.2, 0.25) is 0 Å². The molecule has 0 aliphatic carbocycles. The Morgan fingerprint density at radius 3 is 1.82 bits per heavy atom. The lowest BCUT2D eigenvalue weighted by atomic mass is 10.0.